The largest absolute Gasteiger partial charge is 0.489 e. The Morgan fingerprint density at radius 1 is 1.04 bits per heavy atom. The molecule has 0 aliphatic carbocycles. The van der Waals surface area contributed by atoms with Crippen LogP contribution in [-0.2, 0) is 6.42 Å². The number of ether oxygens (including phenoxy) is 1. The number of benzene rings is 2. The third-order valence-corrected chi connectivity index (χ3v) is 4.77. The average Bonchev–Trinajstić information content (AvgIpc) is 2.69. The number of amides is 2. The maximum Gasteiger partial charge on any atom is 0.322 e. The zero-order valence-corrected chi connectivity index (χ0v) is 16.4. The molecule has 0 saturated carbocycles. The van der Waals surface area contributed by atoms with Gasteiger partial charge in [-0.25, -0.2) is 4.79 Å². The third-order valence-electron chi connectivity index (χ3n) is 4.77. The van der Waals surface area contributed by atoms with E-state index in [1.165, 1.54) is 11.3 Å². The minimum absolute atomic E-state index is 0.0604. The van der Waals surface area contributed by atoms with Crippen molar-refractivity contribution in [1.29, 1.82) is 0 Å². The van der Waals surface area contributed by atoms with Crippen molar-refractivity contribution in [2.45, 2.75) is 33.3 Å². The van der Waals surface area contributed by atoms with Crippen LogP contribution >= 0.6 is 0 Å². The molecule has 5 heteroatoms. The number of aryl methyl sites for hydroxylation is 1. The summed E-state index contributed by atoms with van der Waals surface area (Å²) in [5.74, 6) is 0.705. The van der Waals surface area contributed by atoms with Gasteiger partial charge in [-0.1, -0.05) is 37.3 Å². The van der Waals surface area contributed by atoms with Crippen LogP contribution in [0.4, 0.5) is 16.2 Å². The van der Waals surface area contributed by atoms with Crippen LogP contribution in [0.25, 0.3) is 0 Å². The Hall–Kier alpha value is -2.69. The zero-order valence-electron chi connectivity index (χ0n) is 16.4. The summed E-state index contributed by atoms with van der Waals surface area (Å²) < 4.78 is 5.79. The number of nitrogens with zero attached hydrogens (tertiary/aromatic N) is 2. The molecule has 1 fully saturated rings. The van der Waals surface area contributed by atoms with E-state index in [4.69, 9.17) is 4.74 Å². The zero-order chi connectivity index (χ0) is 19.2. The van der Waals surface area contributed by atoms with Crippen LogP contribution in [-0.4, -0.2) is 43.2 Å². The minimum atomic E-state index is -0.0711. The van der Waals surface area contributed by atoms with E-state index in [9.17, 15) is 4.79 Å². The summed E-state index contributed by atoms with van der Waals surface area (Å²) in [5.41, 5.74) is 3.36. The highest BCUT2D eigenvalue weighted by atomic mass is 16.5. The molecule has 0 unspecified atom stereocenters. The monoisotopic (exact) mass is 367 g/mol. The van der Waals surface area contributed by atoms with E-state index in [2.05, 4.69) is 41.4 Å². The summed E-state index contributed by atoms with van der Waals surface area (Å²) in [4.78, 5) is 17.0. The number of carbonyl (C=O) groups is 1. The van der Waals surface area contributed by atoms with E-state index in [-0.39, 0.29) is 12.1 Å². The van der Waals surface area contributed by atoms with Gasteiger partial charge in [-0.3, -0.25) is 0 Å². The lowest BCUT2D eigenvalue weighted by atomic mass is 10.1. The normalized spacial score (nSPS) is 14.4. The van der Waals surface area contributed by atoms with Crippen LogP contribution in [0.2, 0.25) is 0 Å². The molecule has 0 aromatic heterocycles. The highest BCUT2D eigenvalue weighted by Gasteiger charge is 2.23. The molecule has 5 nitrogen and oxygen atoms in total. The number of nitrogens with one attached hydrogen (secondary N) is 1. The molecule has 1 N–H and O–H groups in total. The van der Waals surface area contributed by atoms with Gasteiger partial charge in [0.05, 0.1) is 11.8 Å². The molecule has 2 aromatic rings. The first-order valence-corrected chi connectivity index (χ1v) is 9.73. The smallest absolute Gasteiger partial charge is 0.322 e. The topological polar surface area (TPSA) is 44.8 Å². The second-order valence-corrected chi connectivity index (χ2v) is 7.05. The van der Waals surface area contributed by atoms with Gasteiger partial charge in [0, 0.05) is 31.9 Å². The number of urea groups is 1. The standard InChI is InChI=1S/C22H29N3O2/c1-4-18-9-5-7-11-20(18)24-13-15-25(16-14-24)22(26)23-19-10-6-8-12-21(19)27-17(2)3/h5-12,17H,4,13-16H2,1-3H3,(H,23,26). The molecular weight excluding hydrogens is 338 g/mol. The van der Waals surface area contributed by atoms with Crippen molar-refractivity contribution in [2.24, 2.45) is 0 Å². The van der Waals surface area contributed by atoms with Gasteiger partial charge in [0.1, 0.15) is 5.75 Å². The number of anilines is 2. The number of piperazine rings is 1. The summed E-state index contributed by atoms with van der Waals surface area (Å²) in [6.45, 7) is 9.23. The SMILES string of the molecule is CCc1ccccc1N1CCN(C(=O)Nc2ccccc2OC(C)C)CC1. The van der Waals surface area contributed by atoms with Crippen molar-refractivity contribution in [2.75, 3.05) is 36.4 Å². The van der Waals surface area contributed by atoms with Gasteiger partial charge in [0.15, 0.2) is 0 Å². The van der Waals surface area contributed by atoms with Crippen molar-refractivity contribution >= 4 is 17.4 Å². The van der Waals surface area contributed by atoms with E-state index >= 15 is 0 Å². The van der Waals surface area contributed by atoms with Gasteiger partial charge in [-0.2, -0.15) is 0 Å². The van der Waals surface area contributed by atoms with E-state index < -0.39 is 0 Å². The van der Waals surface area contributed by atoms with E-state index in [0.717, 1.165) is 25.2 Å². The van der Waals surface area contributed by atoms with Gasteiger partial charge in [0.2, 0.25) is 0 Å². The summed E-state index contributed by atoms with van der Waals surface area (Å²) in [7, 11) is 0. The van der Waals surface area contributed by atoms with E-state index in [0.29, 0.717) is 18.8 Å². The molecule has 0 bridgehead atoms. The van der Waals surface area contributed by atoms with Crippen LogP contribution in [0.1, 0.15) is 26.3 Å². The van der Waals surface area contributed by atoms with Crippen molar-refractivity contribution in [3.63, 3.8) is 0 Å². The summed E-state index contributed by atoms with van der Waals surface area (Å²) >= 11 is 0. The Bertz CT molecular complexity index is 768. The number of para-hydroxylation sites is 3. The summed E-state index contributed by atoms with van der Waals surface area (Å²) in [6.07, 6.45) is 1.08. The lowest BCUT2D eigenvalue weighted by Gasteiger charge is -2.37. The van der Waals surface area contributed by atoms with E-state index in [1.807, 2.05) is 43.0 Å². The molecule has 1 aliphatic heterocycles. The molecule has 0 radical (unpaired) electrons. The quantitative estimate of drug-likeness (QED) is 0.852. The van der Waals surface area contributed by atoms with Crippen molar-refractivity contribution in [3.8, 4) is 5.75 Å². The lowest BCUT2D eigenvalue weighted by Crippen LogP contribution is -2.50. The molecule has 2 aromatic carbocycles. The number of hydrogen-bond acceptors (Lipinski definition) is 3. The van der Waals surface area contributed by atoms with Crippen molar-refractivity contribution < 1.29 is 9.53 Å². The minimum Gasteiger partial charge on any atom is -0.489 e. The Balaban J connectivity index is 1.61. The maximum absolute atomic E-state index is 12.7. The van der Waals surface area contributed by atoms with Crippen LogP contribution in [0, 0.1) is 0 Å². The molecule has 1 saturated heterocycles. The molecule has 144 valence electrons. The van der Waals surface area contributed by atoms with Crippen molar-refractivity contribution in [3.05, 3.63) is 54.1 Å². The fraction of sp³-hybridized carbons (Fsp3) is 0.409. The molecule has 1 aliphatic rings. The molecule has 3 rings (SSSR count). The Morgan fingerprint density at radius 3 is 2.41 bits per heavy atom. The molecule has 2 amide bonds. The third kappa shape index (κ3) is 4.73. The highest BCUT2D eigenvalue weighted by molar-refractivity contribution is 5.91. The van der Waals surface area contributed by atoms with Crippen LogP contribution in [0.15, 0.2) is 48.5 Å². The van der Waals surface area contributed by atoms with Crippen LogP contribution < -0.4 is 15.0 Å². The average molecular weight is 367 g/mol. The molecule has 1 heterocycles. The number of hydrogen-bond donors (Lipinski definition) is 1. The molecule has 27 heavy (non-hydrogen) atoms. The summed E-state index contributed by atoms with van der Waals surface area (Å²) in [5, 5.41) is 3.01. The Morgan fingerprint density at radius 2 is 1.70 bits per heavy atom. The maximum atomic E-state index is 12.7. The predicted octanol–water partition coefficient (Wildman–Crippen LogP) is 4.39. The van der Waals surface area contributed by atoms with Gasteiger partial charge in [0.25, 0.3) is 0 Å². The first-order valence-electron chi connectivity index (χ1n) is 9.73. The van der Waals surface area contributed by atoms with Crippen molar-refractivity contribution in [1.82, 2.24) is 4.90 Å². The molecular formula is C22H29N3O2. The second kappa shape index (κ2) is 8.80. The second-order valence-electron chi connectivity index (χ2n) is 7.05. The van der Waals surface area contributed by atoms with Crippen LogP contribution in [0.3, 0.4) is 0 Å². The number of carbonyl (C=O) groups excluding carboxylic acids is 1. The fourth-order valence-electron chi connectivity index (χ4n) is 3.39. The highest BCUT2D eigenvalue weighted by Crippen LogP contribution is 2.26. The summed E-state index contributed by atoms with van der Waals surface area (Å²) in [6, 6.07) is 16.0. The fourth-order valence-corrected chi connectivity index (χ4v) is 3.39. The molecule has 0 spiro atoms. The Kier molecular flexibility index (Phi) is 6.22. The molecule has 0 atom stereocenters. The van der Waals surface area contributed by atoms with Gasteiger partial charge < -0.3 is 19.9 Å². The van der Waals surface area contributed by atoms with Gasteiger partial charge >= 0.3 is 6.03 Å². The lowest BCUT2D eigenvalue weighted by molar-refractivity contribution is 0.207. The van der Waals surface area contributed by atoms with Gasteiger partial charge in [-0.05, 0) is 44.0 Å². The van der Waals surface area contributed by atoms with Gasteiger partial charge in [-0.15, -0.1) is 0 Å². The first-order chi connectivity index (χ1) is 13.1. The number of rotatable bonds is 5. The Labute approximate surface area is 161 Å². The first kappa shape index (κ1) is 19.1. The van der Waals surface area contributed by atoms with E-state index in [1.54, 1.807) is 0 Å². The predicted molar refractivity (Wildman–Crippen MR) is 111 cm³/mol. The van der Waals surface area contributed by atoms with Crippen LogP contribution in [0.5, 0.6) is 5.75 Å².